The predicted molar refractivity (Wildman–Crippen MR) is 133 cm³/mol. The number of carbonyl (C=O) groups is 1. The molecule has 174 valence electrons. The van der Waals surface area contributed by atoms with Crippen molar-refractivity contribution < 1.29 is 9.18 Å². The van der Waals surface area contributed by atoms with E-state index in [0.29, 0.717) is 11.3 Å². The van der Waals surface area contributed by atoms with Gasteiger partial charge in [-0.05, 0) is 80.0 Å². The van der Waals surface area contributed by atoms with E-state index in [4.69, 9.17) is 11.6 Å². The molecule has 2 N–H and O–H groups in total. The van der Waals surface area contributed by atoms with Crippen LogP contribution in [0.1, 0.15) is 24.0 Å². The molecule has 1 aliphatic rings. The quantitative estimate of drug-likeness (QED) is 0.515. The van der Waals surface area contributed by atoms with Crippen molar-refractivity contribution in [2.24, 2.45) is 0 Å². The minimum atomic E-state index is -0.520. The lowest BCUT2D eigenvalue weighted by Crippen LogP contribution is -2.52. The Labute approximate surface area is 204 Å². The third-order valence-corrected chi connectivity index (χ3v) is 6.78. The highest BCUT2D eigenvalue weighted by molar-refractivity contribution is 6.31. The van der Waals surface area contributed by atoms with Gasteiger partial charge in [0, 0.05) is 11.2 Å². The van der Waals surface area contributed by atoms with E-state index in [1.807, 2.05) is 25.2 Å². The second-order valence-electron chi connectivity index (χ2n) is 8.58. The van der Waals surface area contributed by atoms with Gasteiger partial charge in [-0.25, -0.2) is 4.39 Å². The number of nitriles is 1. The number of halogens is 2. The monoisotopic (exact) mass is 476 g/mol. The molecular weight excluding hydrogens is 451 g/mol. The van der Waals surface area contributed by atoms with Gasteiger partial charge in [0.25, 0.3) is 0 Å². The van der Waals surface area contributed by atoms with Crippen molar-refractivity contribution in [2.75, 3.05) is 32.0 Å². The van der Waals surface area contributed by atoms with Crippen LogP contribution in [0, 0.1) is 17.1 Å². The smallest absolute Gasteiger partial charge is 0.238 e. The maximum absolute atomic E-state index is 13.4. The molecule has 4 rings (SSSR count). The molecule has 0 aliphatic carbocycles. The van der Waals surface area contributed by atoms with Gasteiger partial charge >= 0.3 is 0 Å². The third-order valence-electron chi connectivity index (χ3n) is 6.49. The number of rotatable bonds is 6. The van der Waals surface area contributed by atoms with Crippen molar-refractivity contribution in [1.29, 1.82) is 5.26 Å². The summed E-state index contributed by atoms with van der Waals surface area (Å²) in [4.78, 5) is 14.9. The largest absolute Gasteiger partial charge is 0.325 e. The summed E-state index contributed by atoms with van der Waals surface area (Å²) in [6.07, 6.45) is 1.73. The molecule has 1 aliphatic heterocycles. The van der Waals surface area contributed by atoms with E-state index in [-0.39, 0.29) is 23.0 Å². The van der Waals surface area contributed by atoms with E-state index in [1.165, 1.54) is 18.2 Å². The van der Waals surface area contributed by atoms with Crippen LogP contribution >= 0.6 is 11.6 Å². The van der Waals surface area contributed by atoms with Crippen LogP contribution in [0.4, 0.5) is 10.1 Å². The number of hydrogen-bond acceptors (Lipinski definition) is 4. The Balaban J connectivity index is 1.54. The van der Waals surface area contributed by atoms with Gasteiger partial charge in [-0.15, -0.1) is 0 Å². The Hall–Kier alpha value is -3.24. The average molecular weight is 477 g/mol. The fraction of sp³-hybridized carbons (Fsp3) is 0.259. The summed E-state index contributed by atoms with van der Waals surface area (Å²) in [5.74, 6) is -0.707. The van der Waals surface area contributed by atoms with Gasteiger partial charge in [-0.1, -0.05) is 48.0 Å². The molecule has 5 nitrogen and oxygen atoms in total. The zero-order valence-corrected chi connectivity index (χ0v) is 19.7. The highest BCUT2D eigenvalue weighted by Gasteiger charge is 2.38. The van der Waals surface area contributed by atoms with E-state index in [1.54, 1.807) is 6.07 Å². The normalized spacial score (nSPS) is 15.0. The molecule has 0 unspecified atom stereocenters. The number of benzene rings is 3. The van der Waals surface area contributed by atoms with Gasteiger partial charge < -0.3 is 10.6 Å². The average Bonchev–Trinajstić information content (AvgIpc) is 2.86. The Morgan fingerprint density at radius 2 is 1.85 bits per heavy atom. The highest BCUT2D eigenvalue weighted by atomic mass is 35.5. The zero-order valence-electron chi connectivity index (χ0n) is 18.9. The first-order valence-electron chi connectivity index (χ1n) is 11.2. The number of hydrogen-bond donors (Lipinski definition) is 2. The Morgan fingerprint density at radius 1 is 1.12 bits per heavy atom. The molecular formula is C27H26ClFN4O. The summed E-state index contributed by atoms with van der Waals surface area (Å²) < 4.78 is 13.4. The zero-order chi connectivity index (χ0) is 24.1. The first-order valence-corrected chi connectivity index (χ1v) is 11.6. The summed E-state index contributed by atoms with van der Waals surface area (Å²) in [5.41, 5.74) is 3.98. The maximum atomic E-state index is 13.4. The third kappa shape index (κ3) is 5.13. The number of carbonyl (C=O) groups excluding carboxylic acids is 1. The Bertz CT molecular complexity index is 1220. The molecule has 7 heteroatoms. The molecule has 3 aromatic carbocycles. The van der Waals surface area contributed by atoms with Crippen LogP contribution in [-0.2, 0) is 10.3 Å². The second kappa shape index (κ2) is 10.4. The van der Waals surface area contributed by atoms with Crippen LogP contribution in [-0.4, -0.2) is 37.5 Å². The molecule has 0 saturated carbocycles. The standard InChI is InChI=1S/C27H26ClFN4O/c1-33(18-26(34)32-23-9-10-25(29)24(28)16-23)27(11-13-31-14-12-27)22-7-5-20(6-8-22)21-4-2-3-19(15-21)17-30/h2-10,15-16,31H,11-14,18H2,1H3,(H,32,34). The second-order valence-corrected chi connectivity index (χ2v) is 8.99. The van der Waals surface area contributed by atoms with Crippen molar-refractivity contribution in [3.05, 3.63) is 88.7 Å². The first kappa shape index (κ1) is 23.9. The lowest BCUT2D eigenvalue weighted by molar-refractivity contribution is -0.118. The molecule has 0 bridgehead atoms. The van der Waals surface area contributed by atoms with Crippen molar-refractivity contribution in [2.45, 2.75) is 18.4 Å². The minimum absolute atomic E-state index is 0.0265. The van der Waals surface area contributed by atoms with Crippen LogP contribution < -0.4 is 10.6 Å². The van der Waals surface area contributed by atoms with Crippen LogP contribution in [0.25, 0.3) is 11.1 Å². The van der Waals surface area contributed by atoms with E-state index in [0.717, 1.165) is 42.6 Å². The summed E-state index contributed by atoms with van der Waals surface area (Å²) in [7, 11) is 1.97. The molecule has 0 spiro atoms. The minimum Gasteiger partial charge on any atom is -0.325 e. The summed E-state index contributed by atoms with van der Waals surface area (Å²) in [6.45, 7) is 1.89. The molecule has 0 atom stereocenters. The lowest BCUT2D eigenvalue weighted by Gasteiger charge is -2.45. The van der Waals surface area contributed by atoms with Crippen LogP contribution in [0.3, 0.4) is 0 Å². The number of likely N-dealkylation sites (N-methyl/N-ethyl adjacent to an activating group) is 1. The topological polar surface area (TPSA) is 68.2 Å². The van der Waals surface area contributed by atoms with Gasteiger partial charge in [0.2, 0.25) is 5.91 Å². The fourth-order valence-corrected chi connectivity index (χ4v) is 4.79. The van der Waals surface area contributed by atoms with Crippen molar-refractivity contribution in [3.63, 3.8) is 0 Å². The SMILES string of the molecule is CN(CC(=O)Nc1ccc(F)c(Cl)c1)C1(c2ccc(-c3cccc(C#N)c3)cc2)CCNCC1. The van der Waals surface area contributed by atoms with Gasteiger partial charge in [-0.3, -0.25) is 9.69 Å². The molecule has 3 aromatic rings. The number of amides is 1. The highest BCUT2D eigenvalue weighted by Crippen LogP contribution is 2.37. The summed E-state index contributed by atoms with van der Waals surface area (Å²) >= 11 is 5.84. The van der Waals surface area contributed by atoms with E-state index >= 15 is 0 Å². The van der Waals surface area contributed by atoms with Gasteiger partial charge in [0.05, 0.1) is 23.2 Å². The van der Waals surface area contributed by atoms with Crippen molar-refractivity contribution >= 4 is 23.2 Å². The predicted octanol–water partition coefficient (Wildman–Crippen LogP) is 5.17. The Kier molecular flexibility index (Phi) is 7.28. The summed E-state index contributed by atoms with van der Waals surface area (Å²) in [5, 5.41) is 15.4. The number of nitrogens with zero attached hydrogens (tertiary/aromatic N) is 2. The van der Waals surface area contributed by atoms with Crippen LogP contribution in [0.5, 0.6) is 0 Å². The molecule has 0 aromatic heterocycles. The molecule has 0 radical (unpaired) electrons. The van der Waals surface area contributed by atoms with Crippen LogP contribution in [0.2, 0.25) is 5.02 Å². The van der Waals surface area contributed by atoms with E-state index < -0.39 is 5.82 Å². The van der Waals surface area contributed by atoms with Crippen LogP contribution in [0.15, 0.2) is 66.7 Å². The lowest BCUT2D eigenvalue weighted by atomic mass is 9.79. The molecule has 1 heterocycles. The Morgan fingerprint density at radius 3 is 2.53 bits per heavy atom. The molecule has 34 heavy (non-hydrogen) atoms. The van der Waals surface area contributed by atoms with Crippen molar-refractivity contribution in [3.8, 4) is 17.2 Å². The molecule has 1 saturated heterocycles. The van der Waals surface area contributed by atoms with Gasteiger partial charge in [0.1, 0.15) is 5.82 Å². The maximum Gasteiger partial charge on any atom is 0.238 e. The number of anilines is 1. The van der Waals surface area contributed by atoms with Gasteiger partial charge in [-0.2, -0.15) is 5.26 Å². The van der Waals surface area contributed by atoms with E-state index in [2.05, 4.69) is 45.9 Å². The number of piperidine rings is 1. The molecule has 1 amide bonds. The molecule has 1 fully saturated rings. The van der Waals surface area contributed by atoms with E-state index in [9.17, 15) is 14.4 Å². The number of nitrogens with one attached hydrogen (secondary N) is 2. The van der Waals surface area contributed by atoms with Crippen molar-refractivity contribution in [1.82, 2.24) is 10.2 Å². The van der Waals surface area contributed by atoms with Gasteiger partial charge in [0.15, 0.2) is 0 Å². The summed E-state index contributed by atoms with van der Waals surface area (Å²) in [6, 6.07) is 22.3. The first-order chi connectivity index (χ1) is 16.4. The fourth-order valence-electron chi connectivity index (χ4n) is 4.61.